The Kier molecular flexibility index (Phi) is 6.57. The van der Waals surface area contributed by atoms with Crippen molar-refractivity contribution >= 4 is 11.9 Å². The minimum Gasteiger partial charge on any atom is -0.492 e. The highest BCUT2D eigenvalue weighted by molar-refractivity contribution is 5.84. The summed E-state index contributed by atoms with van der Waals surface area (Å²) in [5, 5.41) is 14.6. The van der Waals surface area contributed by atoms with E-state index >= 15 is 0 Å². The fourth-order valence-corrected chi connectivity index (χ4v) is 2.51. The van der Waals surface area contributed by atoms with Gasteiger partial charge in [0.25, 0.3) is 0 Å². The van der Waals surface area contributed by atoms with Gasteiger partial charge in [-0.2, -0.15) is 0 Å². The molecule has 24 heavy (non-hydrogen) atoms. The molecule has 1 aromatic carbocycles. The van der Waals surface area contributed by atoms with Gasteiger partial charge in [-0.3, -0.25) is 14.9 Å². The van der Waals surface area contributed by atoms with Crippen molar-refractivity contribution in [1.29, 1.82) is 0 Å². The van der Waals surface area contributed by atoms with Crippen LogP contribution >= 0.6 is 0 Å². The molecule has 1 fully saturated rings. The zero-order valence-corrected chi connectivity index (χ0v) is 14.1. The molecule has 0 aromatic heterocycles. The average Bonchev–Trinajstić information content (AvgIpc) is 3.04. The van der Waals surface area contributed by atoms with E-state index in [1.165, 1.54) is 0 Å². The molecule has 0 spiro atoms. The van der Waals surface area contributed by atoms with E-state index in [9.17, 15) is 9.59 Å². The first-order valence-corrected chi connectivity index (χ1v) is 8.08. The van der Waals surface area contributed by atoms with Crippen LogP contribution in [-0.4, -0.2) is 61.2 Å². The standard InChI is InChI=1S/C17H25N3O4/c1-20(2)9-10-24-13-5-3-12(4-6-13)11-18-16(21)14-7-8-15(19-14)17(22)23/h3-6,14-15,19H,7-11H2,1-2H3,(H,18,21)(H,22,23)/t14-,15+/m1/s1. The Hall–Kier alpha value is -2.12. The number of hydrogen-bond acceptors (Lipinski definition) is 5. The Morgan fingerprint density at radius 3 is 2.50 bits per heavy atom. The molecule has 7 heteroatoms. The minimum atomic E-state index is -0.907. The molecule has 3 N–H and O–H groups in total. The van der Waals surface area contributed by atoms with Gasteiger partial charge in [0.1, 0.15) is 18.4 Å². The number of ether oxygens (including phenoxy) is 1. The Bertz CT molecular complexity index is 559. The monoisotopic (exact) mass is 335 g/mol. The van der Waals surface area contributed by atoms with Crippen LogP contribution in [0.1, 0.15) is 18.4 Å². The molecule has 1 amide bonds. The molecule has 7 nitrogen and oxygen atoms in total. The smallest absolute Gasteiger partial charge is 0.320 e. The van der Waals surface area contributed by atoms with Crippen molar-refractivity contribution in [3.05, 3.63) is 29.8 Å². The highest BCUT2D eigenvalue weighted by Crippen LogP contribution is 2.14. The first-order valence-electron chi connectivity index (χ1n) is 8.08. The highest BCUT2D eigenvalue weighted by atomic mass is 16.5. The second-order valence-electron chi connectivity index (χ2n) is 6.20. The topological polar surface area (TPSA) is 90.9 Å². The zero-order chi connectivity index (χ0) is 17.5. The maximum absolute atomic E-state index is 12.1. The van der Waals surface area contributed by atoms with Gasteiger partial charge in [0.2, 0.25) is 5.91 Å². The van der Waals surface area contributed by atoms with Crippen LogP contribution in [0.4, 0.5) is 0 Å². The van der Waals surface area contributed by atoms with Crippen LogP contribution in [0.2, 0.25) is 0 Å². The number of carbonyl (C=O) groups is 2. The van der Waals surface area contributed by atoms with Crippen LogP contribution in [0.5, 0.6) is 5.75 Å². The number of benzene rings is 1. The first kappa shape index (κ1) is 18.2. The number of aliphatic carboxylic acids is 1. The molecule has 0 saturated carbocycles. The number of likely N-dealkylation sites (N-methyl/N-ethyl adjacent to an activating group) is 1. The normalized spacial score (nSPS) is 20.1. The molecule has 0 unspecified atom stereocenters. The number of carboxylic acid groups (broad SMARTS) is 1. The van der Waals surface area contributed by atoms with Gasteiger partial charge >= 0.3 is 5.97 Å². The van der Waals surface area contributed by atoms with Gasteiger partial charge < -0.3 is 20.1 Å². The van der Waals surface area contributed by atoms with E-state index in [0.717, 1.165) is 17.9 Å². The van der Waals surface area contributed by atoms with Gasteiger partial charge in [-0.05, 0) is 44.6 Å². The van der Waals surface area contributed by atoms with Crippen molar-refractivity contribution < 1.29 is 19.4 Å². The highest BCUT2D eigenvalue weighted by Gasteiger charge is 2.32. The summed E-state index contributed by atoms with van der Waals surface area (Å²) in [6.45, 7) is 1.89. The third-order valence-electron chi connectivity index (χ3n) is 3.96. The Morgan fingerprint density at radius 2 is 1.92 bits per heavy atom. The molecule has 2 atom stereocenters. The summed E-state index contributed by atoms with van der Waals surface area (Å²) < 4.78 is 5.62. The zero-order valence-electron chi connectivity index (χ0n) is 14.1. The number of carbonyl (C=O) groups excluding carboxylic acids is 1. The van der Waals surface area contributed by atoms with E-state index < -0.39 is 18.1 Å². The minimum absolute atomic E-state index is 0.162. The molecule has 1 aliphatic rings. The molecule has 1 heterocycles. The molecule has 0 aliphatic carbocycles. The molecule has 0 radical (unpaired) electrons. The van der Waals surface area contributed by atoms with E-state index in [1.807, 2.05) is 38.4 Å². The van der Waals surface area contributed by atoms with E-state index in [4.69, 9.17) is 9.84 Å². The number of nitrogens with zero attached hydrogens (tertiary/aromatic N) is 1. The summed E-state index contributed by atoms with van der Waals surface area (Å²) in [5.74, 6) is -0.270. The fourth-order valence-electron chi connectivity index (χ4n) is 2.51. The maximum atomic E-state index is 12.1. The number of amides is 1. The second kappa shape index (κ2) is 8.65. The Balaban J connectivity index is 1.74. The van der Waals surface area contributed by atoms with Gasteiger partial charge in [-0.1, -0.05) is 12.1 Å². The van der Waals surface area contributed by atoms with Crippen LogP contribution in [0.3, 0.4) is 0 Å². The van der Waals surface area contributed by atoms with Gasteiger partial charge in [-0.25, -0.2) is 0 Å². The molecule has 2 rings (SSSR count). The molecular formula is C17H25N3O4. The predicted molar refractivity (Wildman–Crippen MR) is 89.9 cm³/mol. The molecule has 0 bridgehead atoms. The van der Waals surface area contributed by atoms with Gasteiger partial charge in [-0.15, -0.1) is 0 Å². The lowest BCUT2D eigenvalue weighted by Crippen LogP contribution is -2.44. The quantitative estimate of drug-likeness (QED) is 0.639. The van der Waals surface area contributed by atoms with E-state index in [1.54, 1.807) is 0 Å². The summed E-state index contributed by atoms with van der Waals surface area (Å²) in [5.41, 5.74) is 0.969. The second-order valence-corrected chi connectivity index (χ2v) is 6.20. The summed E-state index contributed by atoms with van der Waals surface area (Å²) in [6.07, 6.45) is 1.02. The summed E-state index contributed by atoms with van der Waals surface area (Å²) in [4.78, 5) is 25.0. The van der Waals surface area contributed by atoms with Crippen LogP contribution < -0.4 is 15.4 Å². The van der Waals surface area contributed by atoms with Crippen molar-refractivity contribution in [3.63, 3.8) is 0 Å². The lowest BCUT2D eigenvalue weighted by atomic mass is 10.1. The predicted octanol–water partition coefficient (Wildman–Crippen LogP) is 0.448. The summed E-state index contributed by atoms with van der Waals surface area (Å²) in [7, 11) is 3.99. The van der Waals surface area contributed by atoms with Crippen LogP contribution in [-0.2, 0) is 16.1 Å². The van der Waals surface area contributed by atoms with E-state index in [-0.39, 0.29) is 5.91 Å². The SMILES string of the molecule is CN(C)CCOc1ccc(CNC(=O)[C@H]2CC[C@@H](C(=O)O)N2)cc1. The van der Waals surface area contributed by atoms with Crippen molar-refractivity contribution in [1.82, 2.24) is 15.5 Å². The molecule has 1 aromatic rings. The molecule has 1 saturated heterocycles. The van der Waals surface area contributed by atoms with Crippen LogP contribution in [0.15, 0.2) is 24.3 Å². The third-order valence-corrected chi connectivity index (χ3v) is 3.96. The molecule has 1 aliphatic heterocycles. The van der Waals surface area contributed by atoms with Gasteiger partial charge in [0, 0.05) is 13.1 Å². The summed E-state index contributed by atoms with van der Waals surface area (Å²) >= 11 is 0. The fraction of sp³-hybridized carbons (Fsp3) is 0.529. The Labute approximate surface area is 142 Å². The maximum Gasteiger partial charge on any atom is 0.320 e. The van der Waals surface area contributed by atoms with E-state index in [2.05, 4.69) is 15.5 Å². The first-order chi connectivity index (χ1) is 11.5. The number of rotatable bonds is 8. The number of hydrogen-bond donors (Lipinski definition) is 3. The van der Waals surface area contributed by atoms with Crippen LogP contribution in [0.25, 0.3) is 0 Å². The molecular weight excluding hydrogens is 310 g/mol. The molecule has 132 valence electrons. The average molecular weight is 335 g/mol. The van der Waals surface area contributed by atoms with Crippen molar-refractivity contribution in [2.75, 3.05) is 27.2 Å². The lowest BCUT2D eigenvalue weighted by Gasteiger charge is -2.13. The van der Waals surface area contributed by atoms with Gasteiger partial charge in [0.05, 0.1) is 6.04 Å². The third kappa shape index (κ3) is 5.50. The Morgan fingerprint density at radius 1 is 1.25 bits per heavy atom. The van der Waals surface area contributed by atoms with Gasteiger partial charge in [0.15, 0.2) is 0 Å². The van der Waals surface area contributed by atoms with Crippen molar-refractivity contribution in [2.24, 2.45) is 0 Å². The number of nitrogens with one attached hydrogen (secondary N) is 2. The largest absolute Gasteiger partial charge is 0.492 e. The summed E-state index contributed by atoms with van der Waals surface area (Å²) in [6, 6.07) is 6.52. The number of carboxylic acids is 1. The van der Waals surface area contributed by atoms with E-state index in [0.29, 0.717) is 26.0 Å². The van der Waals surface area contributed by atoms with Crippen LogP contribution in [0, 0.1) is 0 Å². The van der Waals surface area contributed by atoms with Crippen molar-refractivity contribution in [3.8, 4) is 5.75 Å². The van der Waals surface area contributed by atoms with Crippen molar-refractivity contribution in [2.45, 2.75) is 31.5 Å². The lowest BCUT2D eigenvalue weighted by molar-refractivity contribution is -0.139.